The van der Waals surface area contributed by atoms with E-state index in [2.05, 4.69) is 10.1 Å². The van der Waals surface area contributed by atoms with E-state index in [0.29, 0.717) is 0 Å². The van der Waals surface area contributed by atoms with Crippen molar-refractivity contribution < 1.29 is 23.4 Å². The molecule has 0 saturated carbocycles. The maximum absolute atomic E-state index is 12.3. The molecule has 2 aromatic rings. The fourth-order valence-corrected chi connectivity index (χ4v) is 2.04. The summed E-state index contributed by atoms with van der Waals surface area (Å²) in [5.74, 6) is -0.662. The summed E-state index contributed by atoms with van der Waals surface area (Å²) in [5.41, 5.74) is 1.65. The third-order valence-electron chi connectivity index (χ3n) is 3.26. The SMILES string of the molecule is C[C@@H](O)c1ccc(CNC(=O)c2ccccc2OC(F)F)cc1. The van der Waals surface area contributed by atoms with Gasteiger partial charge in [0.1, 0.15) is 5.75 Å². The molecule has 0 aliphatic heterocycles. The highest BCUT2D eigenvalue weighted by molar-refractivity contribution is 5.96. The largest absolute Gasteiger partial charge is 0.434 e. The van der Waals surface area contributed by atoms with E-state index in [4.69, 9.17) is 0 Å². The molecule has 0 spiro atoms. The normalized spacial score (nSPS) is 12.0. The molecule has 0 bridgehead atoms. The van der Waals surface area contributed by atoms with E-state index in [0.717, 1.165) is 11.1 Å². The Labute approximate surface area is 132 Å². The van der Waals surface area contributed by atoms with E-state index in [1.165, 1.54) is 18.2 Å². The molecule has 0 radical (unpaired) electrons. The first kappa shape index (κ1) is 16.9. The summed E-state index contributed by atoms with van der Waals surface area (Å²) in [6, 6.07) is 12.9. The second kappa shape index (κ2) is 7.69. The lowest BCUT2D eigenvalue weighted by Gasteiger charge is -2.11. The zero-order valence-corrected chi connectivity index (χ0v) is 12.5. The zero-order chi connectivity index (χ0) is 16.8. The second-order valence-corrected chi connectivity index (χ2v) is 4.97. The Balaban J connectivity index is 2.02. The Bertz CT molecular complexity index is 657. The molecular weight excluding hydrogens is 304 g/mol. The quantitative estimate of drug-likeness (QED) is 0.858. The van der Waals surface area contributed by atoms with Crippen molar-refractivity contribution in [3.05, 3.63) is 65.2 Å². The van der Waals surface area contributed by atoms with Crippen molar-refractivity contribution >= 4 is 5.91 Å². The Morgan fingerprint density at radius 1 is 1.17 bits per heavy atom. The molecule has 4 nitrogen and oxygen atoms in total. The molecule has 0 aliphatic carbocycles. The summed E-state index contributed by atoms with van der Waals surface area (Å²) in [5, 5.41) is 12.1. The van der Waals surface area contributed by atoms with Gasteiger partial charge in [-0.15, -0.1) is 0 Å². The fraction of sp³-hybridized carbons (Fsp3) is 0.235. The third-order valence-corrected chi connectivity index (χ3v) is 3.26. The average molecular weight is 321 g/mol. The van der Waals surface area contributed by atoms with Gasteiger partial charge in [-0.25, -0.2) is 0 Å². The molecule has 0 saturated heterocycles. The lowest BCUT2D eigenvalue weighted by atomic mass is 10.1. The first-order valence-corrected chi connectivity index (χ1v) is 7.06. The number of aliphatic hydroxyl groups excluding tert-OH is 1. The zero-order valence-electron chi connectivity index (χ0n) is 12.5. The molecule has 1 amide bonds. The molecule has 6 heteroatoms. The third kappa shape index (κ3) is 4.75. The minimum absolute atomic E-state index is 0.0494. The van der Waals surface area contributed by atoms with Crippen LogP contribution in [0.3, 0.4) is 0 Å². The van der Waals surface area contributed by atoms with Crippen LogP contribution in [0.15, 0.2) is 48.5 Å². The molecule has 0 heterocycles. The van der Waals surface area contributed by atoms with E-state index in [1.807, 2.05) is 0 Å². The monoisotopic (exact) mass is 321 g/mol. The lowest BCUT2D eigenvalue weighted by molar-refractivity contribution is -0.0501. The highest BCUT2D eigenvalue weighted by Gasteiger charge is 2.15. The van der Waals surface area contributed by atoms with Gasteiger partial charge < -0.3 is 15.2 Å². The van der Waals surface area contributed by atoms with Crippen LogP contribution in [-0.4, -0.2) is 17.6 Å². The average Bonchev–Trinajstić information content (AvgIpc) is 2.53. The molecule has 122 valence electrons. The number of carbonyl (C=O) groups is 1. The molecule has 1 atom stereocenters. The second-order valence-electron chi connectivity index (χ2n) is 4.97. The van der Waals surface area contributed by atoms with Gasteiger partial charge in [-0.2, -0.15) is 8.78 Å². The standard InChI is InChI=1S/C17H17F2NO3/c1-11(21)13-8-6-12(7-9-13)10-20-16(22)14-4-2-3-5-15(14)23-17(18)19/h2-9,11,17,21H,10H2,1H3,(H,20,22)/t11-/m1/s1. The van der Waals surface area contributed by atoms with Crippen LogP contribution in [0.5, 0.6) is 5.75 Å². The van der Waals surface area contributed by atoms with Crippen molar-refractivity contribution in [1.82, 2.24) is 5.32 Å². The first-order valence-electron chi connectivity index (χ1n) is 7.06. The number of nitrogens with one attached hydrogen (secondary N) is 1. The number of benzene rings is 2. The van der Waals surface area contributed by atoms with Gasteiger partial charge in [0.15, 0.2) is 0 Å². The highest BCUT2D eigenvalue weighted by atomic mass is 19.3. The predicted octanol–water partition coefficient (Wildman–Crippen LogP) is 3.27. The smallest absolute Gasteiger partial charge is 0.387 e. The molecular formula is C17H17F2NO3. The van der Waals surface area contributed by atoms with Crippen molar-refractivity contribution in [3.63, 3.8) is 0 Å². The molecule has 2 N–H and O–H groups in total. The Kier molecular flexibility index (Phi) is 5.65. The van der Waals surface area contributed by atoms with Gasteiger partial charge in [-0.3, -0.25) is 4.79 Å². The predicted molar refractivity (Wildman–Crippen MR) is 81.3 cm³/mol. The van der Waals surface area contributed by atoms with E-state index >= 15 is 0 Å². The molecule has 23 heavy (non-hydrogen) atoms. The number of alkyl halides is 2. The van der Waals surface area contributed by atoms with Crippen LogP contribution >= 0.6 is 0 Å². The summed E-state index contributed by atoms with van der Waals surface area (Å²) in [6.07, 6.45) is -0.558. The maximum Gasteiger partial charge on any atom is 0.387 e. The van der Waals surface area contributed by atoms with Crippen molar-refractivity contribution in [2.24, 2.45) is 0 Å². The van der Waals surface area contributed by atoms with Crippen LogP contribution in [-0.2, 0) is 6.54 Å². The van der Waals surface area contributed by atoms with Crippen molar-refractivity contribution in [1.29, 1.82) is 0 Å². The summed E-state index contributed by atoms with van der Waals surface area (Å²) < 4.78 is 29.0. The van der Waals surface area contributed by atoms with Gasteiger partial charge in [0.2, 0.25) is 0 Å². The molecule has 0 unspecified atom stereocenters. The number of hydrogen-bond donors (Lipinski definition) is 2. The number of ether oxygens (including phenoxy) is 1. The van der Waals surface area contributed by atoms with Gasteiger partial charge in [0.05, 0.1) is 11.7 Å². The van der Waals surface area contributed by atoms with Crippen LogP contribution in [0, 0.1) is 0 Å². The number of hydrogen-bond acceptors (Lipinski definition) is 3. The van der Waals surface area contributed by atoms with E-state index in [9.17, 15) is 18.7 Å². The Morgan fingerprint density at radius 2 is 1.83 bits per heavy atom. The Morgan fingerprint density at radius 3 is 2.43 bits per heavy atom. The summed E-state index contributed by atoms with van der Waals surface area (Å²) in [6.45, 7) is -1.09. The number of para-hydroxylation sites is 1. The minimum atomic E-state index is -2.99. The van der Waals surface area contributed by atoms with Crippen LogP contribution in [0.25, 0.3) is 0 Å². The van der Waals surface area contributed by atoms with Crippen molar-refractivity contribution in [3.8, 4) is 5.75 Å². The van der Waals surface area contributed by atoms with E-state index in [1.54, 1.807) is 37.3 Å². The van der Waals surface area contributed by atoms with Crippen molar-refractivity contribution in [2.75, 3.05) is 0 Å². The van der Waals surface area contributed by atoms with Crippen LogP contribution in [0.2, 0.25) is 0 Å². The van der Waals surface area contributed by atoms with Gasteiger partial charge in [-0.1, -0.05) is 36.4 Å². The van der Waals surface area contributed by atoms with Crippen LogP contribution in [0.1, 0.15) is 34.5 Å². The van der Waals surface area contributed by atoms with E-state index in [-0.39, 0.29) is 17.9 Å². The number of rotatable bonds is 6. The van der Waals surface area contributed by atoms with Gasteiger partial charge in [0.25, 0.3) is 5.91 Å². The van der Waals surface area contributed by atoms with Crippen LogP contribution < -0.4 is 10.1 Å². The number of amides is 1. The van der Waals surface area contributed by atoms with Crippen molar-refractivity contribution in [2.45, 2.75) is 26.2 Å². The van der Waals surface area contributed by atoms with E-state index < -0.39 is 18.6 Å². The number of aliphatic hydroxyl groups is 1. The Hall–Kier alpha value is -2.47. The minimum Gasteiger partial charge on any atom is -0.434 e. The molecule has 0 fully saturated rings. The fourth-order valence-electron chi connectivity index (χ4n) is 2.04. The van der Waals surface area contributed by atoms with Gasteiger partial charge >= 0.3 is 6.61 Å². The lowest BCUT2D eigenvalue weighted by Crippen LogP contribution is -2.23. The highest BCUT2D eigenvalue weighted by Crippen LogP contribution is 2.20. The number of halogens is 2. The molecule has 0 aliphatic rings. The van der Waals surface area contributed by atoms with Gasteiger partial charge in [-0.05, 0) is 30.2 Å². The van der Waals surface area contributed by atoms with Crippen LogP contribution in [0.4, 0.5) is 8.78 Å². The van der Waals surface area contributed by atoms with Gasteiger partial charge in [0, 0.05) is 6.54 Å². The number of carbonyl (C=O) groups excluding carboxylic acids is 1. The summed E-state index contributed by atoms with van der Waals surface area (Å²) in [4.78, 5) is 12.1. The molecule has 2 aromatic carbocycles. The molecule has 0 aromatic heterocycles. The summed E-state index contributed by atoms with van der Waals surface area (Å²) in [7, 11) is 0. The maximum atomic E-state index is 12.3. The molecule has 2 rings (SSSR count). The topological polar surface area (TPSA) is 58.6 Å². The summed E-state index contributed by atoms with van der Waals surface area (Å²) >= 11 is 0. The first-order chi connectivity index (χ1) is 11.0.